The third kappa shape index (κ3) is 4.27. The Morgan fingerprint density at radius 2 is 1.60 bits per heavy atom. The maximum Gasteiger partial charge on any atom is 0.338 e. The van der Waals surface area contributed by atoms with E-state index in [1.54, 1.807) is 12.1 Å². The topological polar surface area (TPSA) is 102 Å². The van der Waals surface area contributed by atoms with Crippen molar-refractivity contribution in [2.75, 3.05) is 28.4 Å². The molecule has 1 aromatic heterocycles. The zero-order valence-corrected chi connectivity index (χ0v) is 16.7. The molecule has 0 aliphatic carbocycles. The zero-order chi connectivity index (χ0) is 21.7. The summed E-state index contributed by atoms with van der Waals surface area (Å²) in [5.74, 6) is 0.0806. The molecule has 0 bridgehead atoms. The molecule has 1 heterocycles. The van der Waals surface area contributed by atoms with Crippen molar-refractivity contribution in [3.05, 3.63) is 47.6 Å². The normalized spacial score (nSPS) is 10.4. The van der Waals surface area contributed by atoms with E-state index >= 15 is 0 Å². The largest absolute Gasteiger partial charge is 0.494 e. The van der Waals surface area contributed by atoms with Crippen LogP contribution in [0.5, 0.6) is 23.0 Å². The summed E-state index contributed by atoms with van der Waals surface area (Å²) >= 11 is 0. The molecule has 0 atom stereocenters. The number of hydrogen-bond acceptors (Lipinski definition) is 9. The number of hydrogen-bond donors (Lipinski definition) is 0. The van der Waals surface area contributed by atoms with Gasteiger partial charge in [-0.25, -0.2) is 9.18 Å². The summed E-state index contributed by atoms with van der Waals surface area (Å²) in [5, 5.41) is 7.80. The van der Waals surface area contributed by atoms with Gasteiger partial charge in [-0.15, -0.1) is 10.2 Å². The van der Waals surface area contributed by atoms with Crippen molar-refractivity contribution in [3.63, 3.8) is 0 Å². The van der Waals surface area contributed by atoms with Crippen LogP contribution in [0.1, 0.15) is 16.2 Å². The van der Waals surface area contributed by atoms with Crippen LogP contribution in [0.4, 0.5) is 4.39 Å². The second kappa shape index (κ2) is 9.12. The van der Waals surface area contributed by atoms with Crippen molar-refractivity contribution in [1.82, 2.24) is 10.2 Å². The predicted molar refractivity (Wildman–Crippen MR) is 101 cm³/mol. The monoisotopic (exact) mass is 418 g/mol. The fourth-order valence-electron chi connectivity index (χ4n) is 2.64. The molecule has 0 unspecified atom stereocenters. The van der Waals surface area contributed by atoms with Gasteiger partial charge in [0.25, 0.3) is 5.89 Å². The van der Waals surface area contributed by atoms with Gasteiger partial charge in [0.1, 0.15) is 0 Å². The molecule has 0 aliphatic heterocycles. The van der Waals surface area contributed by atoms with Gasteiger partial charge in [-0.1, -0.05) is 0 Å². The fourth-order valence-corrected chi connectivity index (χ4v) is 2.64. The third-order valence-electron chi connectivity index (χ3n) is 4.09. The number of carbonyl (C=O) groups excluding carboxylic acids is 1. The van der Waals surface area contributed by atoms with Gasteiger partial charge >= 0.3 is 5.97 Å². The molecule has 9 nitrogen and oxygen atoms in total. The lowest BCUT2D eigenvalue weighted by molar-refractivity contribution is 0.0438. The quantitative estimate of drug-likeness (QED) is 0.510. The molecule has 30 heavy (non-hydrogen) atoms. The smallest absolute Gasteiger partial charge is 0.338 e. The van der Waals surface area contributed by atoms with Crippen LogP contribution < -0.4 is 18.9 Å². The number of rotatable bonds is 8. The van der Waals surface area contributed by atoms with Crippen molar-refractivity contribution in [2.24, 2.45) is 0 Å². The standard InChI is InChI=1S/C20H19FN2O7/c1-25-14-6-5-11(7-13(14)21)20(24)29-10-17-22-23-19(30-17)12-8-15(26-2)18(28-4)16(9-12)27-3/h5-9H,10H2,1-4H3. The first-order valence-corrected chi connectivity index (χ1v) is 8.64. The minimum absolute atomic E-state index is 0.0256. The third-order valence-corrected chi connectivity index (χ3v) is 4.09. The molecule has 0 spiro atoms. The number of carbonyl (C=O) groups is 1. The molecule has 3 aromatic rings. The highest BCUT2D eigenvalue weighted by Gasteiger charge is 2.18. The minimum Gasteiger partial charge on any atom is -0.494 e. The zero-order valence-electron chi connectivity index (χ0n) is 16.7. The van der Waals surface area contributed by atoms with Gasteiger partial charge in [0, 0.05) is 5.56 Å². The van der Waals surface area contributed by atoms with E-state index in [0.29, 0.717) is 22.8 Å². The van der Waals surface area contributed by atoms with Gasteiger partial charge in [0.15, 0.2) is 29.7 Å². The first-order valence-electron chi connectivity index (χ1n) is 8.64. The fraction of sp³-hybridized carbons (Fsp3) is 0.250. The lowest BCUT2D eigenvalue weighted by Gasteiger charge is -2.12. The molecule has 0 amide bonds. The minimum atomic E-state index is -0.746. The molecule has 10 heteroatoms. The maximum atomic E-state index is 13.7. The number of esters is 1. The highest BCUT2D eigenvalue weighted by atomic mass is 19.1. The van der Waals surface area contributed by atoms with Crippen molar-refractivity contribution in [1.29, 1.82) is 0 Å². The molecule has 0 aliphatic rings. The Kier molecular flexibility index (Phi) is 6.35. The molecule has 3 rings (SSSR count). The van der Waals surface area contributed by atoms with Gasteiger partial charge in [-0.3, -0.25) is 0 Å². The lowest BCUT2D eigenvalue weighted by atomic mass is 10.2. The second-order valence-corrected chi connectivity index (χ2v) is 5.84. The van der Waals surface area contributed by atoms with Crippen LogP contribution in [-0.4, -0.2) is 44.6 Å². The molecule has 0 saturated heterocycles. The van der Waals surface area contributed by atoms with E-state index in [0.717, 1.165) is 6.07 Å². The average molecular weight is 418 g/mol. The summed E-state index contributed by atoms with van der Waals surface area (Å²) in [7, 11) is 5.80. The van der Waals surface area contributed by atoms with Crippen molar-refractivity contribution >= 4 is 5.97 Å². The van der Waals surface area contributed by atoms with E-state index in [1.165, 1.54) is 40.6 Å². The molecule has 0 N–H and O–H groups in total. The average Bonchev–Trinajstić information content (AvgIpc) is 3.25. The lowest BCUT2D eigenvalue weighted by Crippen LogP contribution is -2.06. The van der Waals surface area contributed by atoms with E-state index in [9.17, 15) is 9.18 Å². The van der Waals surface area contributed by atoms with Gasteiger partial charge in [-0.05, 0) is 30.3 Å². The Morgan fingerprint density at radius 3 is 2.17 bits per heavy atom. The Bertz CT molecular complexity index is 1030. The van der Waals surface area contributed by atoms with Crippen molar-refractivity contribution < 1.29 is 37.3 Å². The van der Waals surface area contributed by atoms with Crippen molar-refractivity contribution in [2.45, 2.75) is 6.61 Å². The van der Waals surface area contributed by atoms with Gasteiger partial charge in [-0.2, -0.15) is 0 Å². The van der Waals surface area contributed by atoms with E-state index in [2.05, 4.69) is 10.2 Å². The van der Waals surface area contributed by atoms with E-state index < -0.39 is 11.8 Å². The highest BCUT2D eigenvalue weighted by Crippen LogP contribution is 2.40. The van der Waals surface area contributed by atoms with Crippen molar-refractivity contribution in [3.8, 4) is 34.5 Å². The SMILES string of the molecule is COc1ccc(C(=O)OCc2nnc(-c3cc(OC)c(OC)c(OC)c3)o2)cc1F. The first-order chi connectivity index (χ1) is 14.5. The Labute approximate surface area is 171 Å². The van der Waals surface area contributed by atoms with Gasteiger partial charge in [0.2, 0.25) is 11.6 Å². The summed E-state index contributed by atoms with van der Waals surface area (Å²) < 4.78 is 45.1. The molecule has 2 aromatic carbocycles. The Morgan fingerprint density at radius 1 is 0.933 bits per heavy atom. The number of aromatic nitrogens is 2. The number of nitrogens with zero attached hydrogens (tertiary/aromatic N) is 2. The van der Waals surface area contributed by atoms with Crippen LogP contribution in [0.15, 0.2) is 34.7 Å². The molecule has 0 radical (unpaired) electrons. The number of halogens is 1. The summed E-state index contributed by atoms with van der Waals surface area (Å²) in [6, 6.07) is 7.03. The van der Waals surface area contributed by atoms with Crippen LogP contribution in [0.2, 0.25) is 0 Å². The van der Waals surface area contributed by atoms with Crippen LogP contribution in [0.25, 0.3) is 11.5 Å². The summed E-state index contributed by atoms with van der Waals surface area (Å²) in [6.45, 7) is -0.288. The number of benzene rings is 2. The second-order valence-electron chi connectivity index (χ2n) is 5.84. The van der Waals surface area contributed by atoms with Gasteiger partial charge in [0.05, 0.1) is 34.0 Å². The molecule has 0 saturated carbocycles. The van der Waals surface area contributed by atoms with Crippen LogP contribution >= 0.6 is 0 Å². The van der Waals surface area contributed by atoms with Gasteiger partial charge < -0.3 is 28.1 Å². The van der Waals surface area contributed by atoms with Crippen LogP contribution in [-0.2, 0) is 11.3 Å². The van der Waals surface area contributed by atoms with E-state index in [4.69, 9.17) is 28.1 Å². The highest BCUT2D eigenvalue weighted by molar-refractivity contribution is 5.89. The van der Waals surface area contributed by atoms with E-state index in [1.807, 2.05) is 0 Å². The molecular weight excluding hydrogens is 399 g/mol. The first kappa shape index (κ1) is 20.9. The molecular formula is C20H19FN2O7. The predicted octanol–water partition coefficient (Wildman–Crippen LogP) is 3.27. The molecule has 158 valence electrons. The summed E-state index contributed by atoms with van der Waals surface area (Å²) in [5.41, 5.74) is 0.546. The van der Waals surface area contributed by atoms with E-state index in [-0.39, 0.29) is 29.7 Å². The number of methoxy groups -OCH3 is 4. The van der Waals surface area contributed by atoms with Crippen LogP contribution in [0, 0.1) is 5.82 Å². The Balaban J connectivity index is 1.74. The molecule has 0 fully saturated rings. The Hall–Kier alpha value is -3.82. The van der Waals surface area contributed by atoms with Crippen LogP contribution in [0.3, 0.4) is 0 Å². The summed E-state index contributed by atoms with van der Waals surface area (Å²) in [4.78, 5) is 12.1. The summed E-state index contributed by atoms with van der Waals surface area (Å²) in [6.07, 6.45) is 0. The number of ether oxygens (including phenoxy) is 5. The maximum absolute atomic E-state index is 13.7.